The minimum absolute atomic E-state index is 0.0306. The van der Waals surface area contributed by atoms with Crippen molar-refractivity contribution in [2.24, 2.45) is 0 Å². The van der Waals surface area contributed by atoms with E-state index in [1.165, 1.54) is 23.5 Å². The van der Waals surface area contributed by atoms with E-state index >= 15 is 0 Å². The molecule has 31 heavy (non-hydrogen) atoms. The number of fused-ring (bicyclic) bond motifs is 2. The Bertz CT molecular complexity index is 1190. The van der Waals surface area contributed by atoms with Crippen molar-refractivity contribution in [3.63, 3.8) is 0 Å². The number of carbonyl (C=O) groups excluding carboxylic acids is 2. The molecule has 7 nitrogen and oxygen atoms in total. The summed E-state index contributed by atoms with van der Waals surface area (Å²) in [6.45, 7) is 2.52. The summed E-state index contributed by atoms with van der Waals surface area (Å²) in [5.41, 5.74) is 0.285. The van der Waals surface area contributed by atoms with E-state index in [1.807, 2.05) is 6.92 Å². The maximum atomic E-state index is 13.2. The van der Waals surface area contributed by atoms with Crippen LogP contribution in [0.5, 0.6) is 5.88 Å². The molecule has 0 unspecified atom stereocenters. The lowest BCUT2D eigenvalue weighted by Crippen LogP contribution is -2.32. The number of anilines is 1. The second-order valence-corrected chi connectivity index (χ2v) is 7.27. The van der Waals surface area contributed by atoms with E-state index in [0.29, 0.717) is 24.2 Å². The van der Waals surface area contributed by atoms with Crippen molar-refractivity contribution in [3.8, 4) is 5.88 Å². The van der Waals surface area contributed by atoms with Crippen LogP contribution in [0.25, 0.3) is 10.9 Å². The third-order valence-electron chi connectivity index (χ3n) is 4.92. The largest absolute Gasteiger partial charge is 0.475 e. The molecule has 0 saturated carbocycles. The van der Waals surface area contributed by atoms with E-state index in [2.05, 4.69) is 9.97 Å². The van der Waals surface area contributed by atoms with Crippen LogP contribution < -0.4 is 9.64 Å². The van der Waals surface area contributed by atoms with Crippen LogP contribution in [0.3, 0.4) is 0 Å². The second-order valence-electron chi connectivity index (χ2n) is 6.91. The highest BCUT2D eigenvalue weighted by Gasteiger charge is 2.41. The summed E-state index contributed by atoms with van der Waals surface area (Å²) in [6, 6.07) is 4.61. The maximum Gasteiger partial charge on any atom is 0.454 e. The Morgan fingerprint density at radius 1 is 1.29 bits per heavy atom. The second kappa shape index (κ2) is 7.84. The smallest absolute Gasteiger partial charge is 0.454 e. The average Bonchev–Trinajstić information content (AvgIpc) is 2.97. The zero-order valence-corrected chi connectivity index (χ0v) is 17.0. The molecule has 0 N–H and O–H groups in total. The molecule has 2 aromatic heterocycles. The van der Waals surface area contributed by atoms with Gasteiger partial charge in [0.25, 0.3) is 11.7 Å². The molecule has 3 heterocycles. The third kappa shape index (κ3) is 3.71. The molecular formula is C20H16ClF3N4O3. The van der Waals surface area contributed by atoms with Crippen LogP contribution in [0.15, 0.2) is 30.7 Å². The summed E-state index contributed by atoms with van der Waals surface area (Å²) in [4.78, 5) is 34.2. The number of benzene rings is 1. The van der Waals surface area contributed by atoms with Crippen molar-refractivity contribution < 1.29 is 27.5 Å². The van der Waals surface area contributed by atoms with E-state index in [9.17, 15) is 22.8 Å². The number of alkyl halides is 3. The number of hydrogen-bond donors (Lipinski definition) is 0. The first-order chi connectivity index (χ1) is 14.7. The number of carbonyl (C=O) groups is 2. The van der Waals surface area contributed by atoms with Gasteiger partial charge in [-0.1, -0.05) is 18.5 Å². The number of rotatable bonds is 4. The predicted molar refractivity (Wildman–Crippen MR) is 107 cm³/mol. The van der Waals surface area contributed by atoms with Gasteiger partial charge in [-0.25, -0.2) is 9.97 Å². The molecule has 0 radical (unpaired) electrons. The van der Waals surface area contributed by atoms with Gasteiger partial charge in [0.15, 0.2) is 0 Å². The van der Waals surface area contributed by atoms with Gasteiger partial charge in [0.2, 0.25) is 5.88 Å². The molecule has 0 bridgehead atoms. The molecule has 0 saturated heterocycles. The number of amides is 1. The van der Waals surface area contributed by atoms with Crippen molar-refractivity contribution in [2.45, 2.75) is 26.1 Å². The number of Topliss-reactive ketones (excluding diaryl/α,β-unsaturated/α-hetero) is 1. The molecule has 1 aromatic carbocycles. The average molecular weight is 453 g/mol. The molecule has 0 aliphatic carbocycles. The molecule has 1 aliphatic rings. The highest BCUT2D eigenvalue weighted by atomic mass is 35.5. The van der Waals surface area contributed by atoms with Gasteiger partial charge in [0, 0.05) is 29.3 Å². The summed E-state index contributed by atoms with van der Waals surface area (Å²) < 4.78 is 46.6. The van der Waals surface area contributed by atoms with Gasteiger partial charge in [-0.2, -0.15) is 13.2 Å². The number of aryl methyl sites for hydroxylation is 1. The lowest BCUT2D eigenvalue weighted by atomic mass is 10.1. The van der Waals surface area contributed by atoms with Crippen molar-refractivity contribution in [1.29, 1.82) is 0 Å². The van der Waals surface area contributed by atoms with Crippen LogP contribution in [-0.4, -0.2) is 45.6 Å². The summed E-state index contributed by atoms with van der Waals surface area (Å²) in [7, 11) is 0. The molecule has 0 spiro atoms. The fraction of sp³-hybridized carbons (Fsp3) is 0.300. The molecule has 11 heteroatoms. The van der Waals surface area contributed by atoms with Crippen LogP contribution in [0.1, 0.15) is 34.1 Å². The van der Waals surface area contributed by atoms with Crippen molar-refractivity contribution in [1.82, 2.24) is 14.5 Å². The number of aromatic nitrogens is 3. The van der Waals surface area contributed by atoms with Crippen molar-refractivity contribution >= 4 is 39.9 Å². The number of halogens is 4. The molecule has 1 aliphatic heterocycles. The topological polar surface area (TPSA) is 77.3 Å². The minimum Gasteiger partial charge on any atom is -0.475 e. The van der Waals surface area contributed by atoms with Gasteiger partial charge in [-0.15, -0.1) is 0 Å². The Balaban J connectivity index is 1.84. The van der Waals surface area contributed by atoms with Gasteiger partial charge in [-0.05, 0) is 24.6 Å². The maximum absolute atomic E-state index is 13.2. The lowest BCUT2D eigenvalue weighted by Gasteiger charge is -2.20. The molecule has 0 fully saturated rings. The quantitative estimate of drug-likeness (QED) is 0.436. The molecule has 1 amide bonds. The molecular weight excluding hydrogens is 437 g/mol. The van der Waals surface area contributed by atoms with Crippen LogP contribution in [0, 0.1) is 0 Å². The number of nitrogens with zero attached hydrogens (tertiary/aromatic N) is 4. The van der Waals surface area contributed by atoms with E-state index in [4.69, 9.17) is 16.3 Å². The first-order valence-electron chi connectivity index (χ1n) is 9.42. The van der Waals surface area contributed by atoms with Crippen molar-refractivity contribution in [3.05, 3.63) is 47.0 Å². The molecule has 0 atom stereocenters. The fourth-order valence-electron chi connectivity index (χ4n) is 3.57. The number of ether oxygens (including phenoxy) is 1. The van der Waals surface area contributed by atoms with E-state index in [-0.39, 0.29) is 35.1 Å². The Kier molecular flexibility index (Phi) is 5.34. The summed E-state index contributed by atoms with van der Waals surface area (Å²) in [6.07, 6.45) is -1.97. The Morgan fingerprint density at radius 3 is 2.77 bits per heavy atom. The predicted octanol–water partition coefficient (Wildman–Crippen LogP) is 4.28. The Morgan fingerprint density at radius 2 is 2.06 bits per heavy atom. The summed E-state index contributed by atoms with van der Waals surface area (Å²) >= 11 is 6.06. The zero-order chi connectivity index (χ0) is 22.3. The molecule has 162 valence electrons. The van der Waals surface area contributed by atoms with Gasteiger partial charge in [0.05, 0.1) is 12.1 Å². The standard InChI is InChI=1S/C20H16ClF3N4O3/c1-2-5-27-9-13(16(29)20(22,23)24)12-8-11(3-4-14(12)27)28-6-7-31-18-15(19(28)30)17(21)25-10-26-18/h3-4,8-10H,2,5-7H2,1H3. The zero-order valence-electron chi connectivity index (χ0n) is 16.2. The lowest BCUT2D eigenvalue weighted by molar-refractivity contribution is -0.0884. The van der Waals surface area contributed by atoms with E-state index in [1.54, 1.807) is 16.7 Å². The van der Waals surface area contributed by atoms with Crippen LogP contribution in [-0.2, 0) is 6.54 Å². The van der Waals surface area contributed by atoms with Crippen LogP contribution >= 0.6 is 11.6 Å². The monoisotopic (exact) mass is 452 g/mol. The van der Waals surface area contributed by atoms with Gasteiger partial charge in [0.1, 0.15) is 23.7 Å². The third-order valence-corrected chi connectivity index (χ3v) is 5.21. The van der Waals surface area contributed by atoms with Crippen molar-refractivity contribution in [2.75, 3.05) is 18.1 Å². The molecule has 4 rings (SSSR count). The first-order valence-corrected chi connectivity index (χ1v) is 9.79. The van der Waals surface area contributed by atoms with Crippen LogP contribution in [0.2, 0.25) is 5.15 Å². The van der Waals surface area contributed by atoms with E-state index in [0.717, 1.165) is 0 Å². The van der Waals surface area contributed by atoms with Crippen LogP contribution in [0.4, 0.5) is 18.9 Å². The number of hydrogen-bond acceptors (Lipinski definition) is 5. The highest BCUT2D eigenvalue weighted by molar-refractivity contribution is 6.33. The normalized spacial score (nSPS) is 14.4. The van der Waals surface area contributed by atoms with E-state index < -0.39 is 23.4 Å². The summed E-state index contributed by atoms with van der Waals surface area (Å²) in [5.74, 6) is -2.44. The minimum atomic E-state index is -5.02. The summed E-state index contributed by atoms with van der Waals surface area (Å²) in [5, 5.41) is 0.0203. The Hall–Kier alpha value is -3.14. The van der Waals surface area contributed by atoms with Gasteiger partial charge in [-0.3, -0.25) is 9.59 Å². The first kappa shape index (κ1) is 21.1. The molecule has 3 aromatic rings. The van der Waals surface area contributed by atoms with Gasteiger partial charge < -0.3 is 14.2 Å². The fourth-order valence-corrected chi connectivity index (χ4v) is 3.77. The van der Waals surface area contributed by atoms with Gasteiger partial charge >= 0.3 is 6.18 Å². The SMILES string of the molecule is CCCn1cc(C(=O)C(F)(F)F)c2cc(N3CCOc4ncnc(Cl)c4C3=O)ccc21. The Labute approximate surface area is 179 Å². The number of ketones is 1. The highest BCUT2D eigenvalue weighted by Crippen LogP contribution is 2.34.